The van der Waals surface area contributed by atoms with Gasteiger partial charge in [0.1, 0.15) is 0 Å². The smallest absolute Gasteiger partial charge is 0.238 e. The number of thiophene rings is 1. The van der Waals surface area contributed by atoms with Crippen LogP contribution < -0.4 is 4.90 Å². The second-order valence-electron chi connectivity index (χ2n) is 6.95. The highest BCUT2D eigenvalue weighted by molar-refractivity contribution is 7.08. The molecule has 6 heteroatoms. The first-order chi connectivity index (χ1) is 12.7. The predicted molar refractivity (Wildman–Crippen MR) is 99.8 cm³/mol. The zero-order valence-corrected chi connectivity index (χ0v) is 15.3. The van der Waals surface area contributed by atoms with Gasteiger partial charge in [0.25, 0.3) is 0 Å². The van der Waals surface area contributed by atoms with Crippen LogP contribution in [-0.2, 0) is 9.59 Å². The Morgan fingerprint density at radius 1 is 1.19 bits per heavy atom. The molecule has 4 nitrogen and oxygen atoms in total. The molecule has 1 aromatic carbocycles. The maximum atomic E-state index is 13.0. The molecule has 2 aliphatic rings. The molecule has 1 atom stereocenters. The summed E-state index contributed by atoms with van der Waals surface area (Å²) in [6.07, 6.45) is 1.19. The molecule has 2 aliphatic heterocycles. The zero-order valence-electron chi connectivity index (χ0n) is 14.4. The van der Waals surface area contributed by atoms with Crippen LogP contribution in [0, 0.1) is 5.41 Å². The molecule has 4 rings (SSSR count). The van der Waals surface area contributed by atoms with Crippen molar-refractivity contribution in [3.05, 3.63) is 52.7 Å². The Labute approximate surface area is 156 Å². The van der Waals surface area contributed by atoms with Crippen LogP contribution in [0.15, 0.2) is 47.2 Å². The van der Waals surface area contributed by atoms with E-state index in [1.807, 2.05) is 30.3 Å². The van der Waals surface area contributed by atoms with Crippen LogP contribution in [0.3, 0.4) is 0 Å². The maximum Gasteiger partial charge on any atom is 0.238 e. The number of β-lactam (4-membered cyclic amide) rings is 1. The van der Waals surface area contributed by atoms with Crippen molar-refractivity contribution >= 4 is 28.8 Å². The lowest BCUT2D eigenvalue weighted by Crippen LogP contribution is -2.67. The van der Waals surface area contributed by atoms with Crippen LogP contribution >= 0.6 is 11.3 Å². The number of halogens is 1. The molecule has 2 fully saturated rings. The quantitative estimate of drug-likeness (QED) is 0.767. The summed E-state index contributed by atoms with van der Waals surface area (Å²) in [6, 6.07) is 11.5. The number of amides is 2. The van der Waals surface area contributed by atoms with Crippen molar-refractivity contribution in [2.45, 2.75) is 25.3 Å². The Morgan fingerprint density at radius 2 is 1.92 bits per heavy atom. The van der Waals surface area contributed by atoms with Gasteiger partial charge in [-0.25, -0.2) is 0 Å². The van der Waals surface area contributed by atoms with Crippen molar-refractivity contribution in [1.82, 2.24) is 4.90 Å². The van der Waals surface area contributed by atoms with Gasteiger partial charge in [0.05, 0.1) is 24.6 Å². The second kappa shape index (κ2) is 6.83. The van der Waals surface area contributed by atoms with Gasteiger partial charge in [0.2, 0.25) is 11.8 Å². The summed E-state index contributed by atoms with van der Waals surface area (Å²) in [7, 11) is 0. The van der Waals surface area contributed by atoms with Gasteiger partial charge >= 0.3 is 0 Å². The summed E-state index contributed by atoms with van der Waals surface area (Å²) in [5.41, 5.74) is 1.61. The molecule has 0 saturated carbocycles. The number of piperidine rings is 1. The first-order valence-corrected chi connectivity index (χ1v) is 9.86. The third kappa shape index (κ3) is 2.63. The van der Waals surface area contributed by atoms with E-state index in [0.29, 0.717) is 12.8 Å². The fraction of sp³-hybridized carbons (Fsp3) is 0.400. The topological polar surface area (TPSA) is 40.6 Å². The molecule has 0 bridgehead atoms. The van der Waals surface area contributed by atoms with Crippen LogP contribution in [0.5, 0.6) is 0 Å². The average molecular weight is 372 g/mol. The van der Waals surface area contributed by atoms with E-state index in [1.165, 1.54) is 10.6 Å². The predicted octanol–water partition coefficient (Wildman–Crippen LogP) is 3.80. The van der Waals surface area contributed by atoms with Gasteiger partial charge in [-0.15, -0.1) is 0 Å². The van der Waals surface area contributed by atoms with Crippen molar-refractivity contribution in [3.8, 4) is 0 Å². The van der Waals surface area contributed by atoms with Crippen LogP contribution in [-0.4, -0.2) is 36.5 Å². The number of likely N-dealkylation sites (tertiary alicyclic amines) is 1. The Balaban J connectivity index is 1.60. The summed E-state index contributed by atoms with van der Waals surface area (Å²) in [5, 5.41) is 4.17. The van der Waals surface area contributed by atoms with Gasteiger partial charge in [-0.05, 0) is 29.9 Å². The third-order valence-corrected chi connectivity index (χ3v) is 6.32. The molecule has 1 spiro atoms. The lowest BCUT2D eigenvalue weighted by Gasteiger charge is -2.58. The number of carbonyl (C=O) groups is 2. The van der Waals surface area contributed by atoms with E-state index in [2.05, 4.69) is 21.7 Å². The minimum atomic E-state index is -0.733. The molecular weight excluding hydrogens is 351 g/mol. The number of imide groups is 1. The van der Waals surface area contributed by atoms with Gasteiger partial charge in [-0.2, -0.15) is 11.3 Å². The Kier molecular flexibility index (Phi) is 4.53. The molecule has 26 heavy (non-hydrogen) atoms. The molecule has 0 radical (unpaired) electrons. The molecule has 1 unspecified atom stereocenters. The normalized spacial score (nSPS) is 21.7. The van der Waals surface area contributed by atoms with E-state index < -0.39 is 18.0 Å². The van der Waals surface area contributed by atoms with Crippen molar-refractivity contribution in [2.75, 3.05) is 24.7 Å². The van der Waals surface area contributed by atoms with E-state index in [9.17, 15) is 14.0 Å². The lowest BCUT2D eigenvalue weighted by molar-refractivity contribution is -0.183. The first kappa shape index (κ1) is 17.2. The van der Waals surface area contributed by atoms with Crippen molar-refractivity contribution in [2.24, 2.45) is 5.41 Å². The minimum Gasteiger partial charge on any atom is -0.371 e. The molecule has 0 aliphatic carbocycles. The summed E-state index contributed by atoms with van der Waals surface area (Å²) in [6.45, 7) is 0.844. The average Bonchev–Trinajstić information content (AvgIpc) is 3.21. The number of carbonyl (C=O) groups excluding carboxylic acids is 2. The molecule has 1 aromatic heterocycles. The maximum absolute atomic E-state index is 13.0. The van der Waals surface area contributed by atoms with Crippen molar-refractivity contribution in [1.29, 1.82) is 0 Å². The zero-order chi connectivity index (χ0) is 18.1. The van der Waals surface area contributed by atoms with Crippen LogP contribution in [0.4, 0.5) is 10.1 Å². The summed E-state index contributed by atoms with van der Waals surface area (Å²) in [5.74, 6) is -0.535. The fourth-order valence-electron chi connectivity index (χ4n) is 4.31. The van der Waals surface area contributed by atoms with Gasteiger partial charge in [-0.3, -0.25) is 18.9 Å². The molecule has 3 heterocycles. The molecule has 2 saturated heterocycles. The molecular formula is C20H21FN2O2S. The highest BCUT2D eigenvalue weighted by atomic mass is 32.1. The highest BCUT2D eigenvalue weighted by Gasteiger charge is 2.63. The Morgan fingerprint density at radius 3 is 2.54 bits per heavy atom. The van der Waals surface area contributed by atoms with Crippen molar-refractivity contribution < 1.29 is 14.0 Å². The standard InChI is InChI=1S/C20H21FN2O2S/c21-10-6-17(24)23-18(15-4-2-1-3-5-15)20(19(23)25)8-11-22(12-9-20)16-7-13-26-14-16/h1-5,7,13-14,18H,6,8-12H2. The molecule has 0 N–H and O–H groups in total. The summed E-state index contributed by atoms with van der Waals surface area (Å²) in [4.78, 5) is 28.9. The largest absolute Gasteiger partial charge is 0.371 e. The monoisotopic (exact) mass is 372 g/mol. The van der Waals surface area contributed by atoms with Crippen LogP contribution in [0.1, 0.15) is 30.9 Å². The number of hydrogen-bond donors (Lipinski definition) is 0. The van der Waals surface area contributed by atoms with Crippen molar-refractivity contribution in [3.63, 3.8) is 0 Å². The molecule has 136 valence electrons. The van der Waals surface area contributed by atoms with Gasteiger partial charge in [0, 0.05) is 24.2 Å². The van der Waals surface area contributed by atoms with Gasteiger partial charge in [-0.1, -0.05) is 30.3 Å². The fourth-order valence-corrected chi connectivity index (χ4v) is 4.97. The minimum absolute atomic E-state index is 0.130. The van der Waals surface area contributed by atoms with Crippen LogP contribution in [0.2, 0.25) is 0 Å². The number of nitrogens with zero attached hydrogens (tertiary/aromatic N) is 2. The Bertz CT molecular complexity index is 785. The summed E-state index contributed by atoms with van der Waals surface area (Å²) >= 11 is 1.66. The first-order valence-electron chi connectivity index (χ1n) is 8.92. The second-order valence-corrected chi connectivity index (χ2v) is 7.73. The summed E-state index contributed by atoms with van der Waals surface area (Å²) < 4.78 is 12.7. The molecule has 2 aromatic rings. The number of hydrogen-bond acceptors (Lipinski definition) is 4. The Hall–Kier alpha value is -2.21. The van der Waals surface area contributed by atoms with E-state index in [0.717, 1.165) is 18.7 Å². The highest BCUT2D eigenvalue weighted by Crippen LogP contribution is 2.56. The third-order valence-electron chi connectivity index (χ3n) is 5.65. The van der Waals surface area contributed by atoms with E-state index >= 15 is 0 Å². The van der Waals surface area contributed by atoms with Crippen LogP contribution in [0.25, 0.3) is 0 Å². The number of rotatable bonds is 4. The van der Waals surface area contributed by atoms with E-state index in [-0.39, 0.29) is 18.4 Å². The van der Waals surface area contributed by atoms with Gasteiger partial charge in [0.15, 0.2) is 0 Å². The van der Waals surface area contributed by atoms with E-state index in [1.54, 1.807) is 11.3 Å². The number of anilines is 1. The van der Waals surface area contributed by atoms with Gasteiger partial charge < -0.3 is 4.90 Å². The van der Waals surface area contributed by atoms with E-state index in [4.69, 9.17) is 0 Å². The number of alkyl halides is 1. The number of benzene rings is 1. The lowest BCUT2D eigenvalue weighted by atomic mass is 9.62. The SMILES string of the molecule is O=C(CCF)N1C(=O)C2(CCN(c3ccsc3)CC2)C1c1ccccc1. The molecule has 2 amide bonds.